The Morgan fingerprint density at radius 1 is 1.10 bits per heavy atom. The molecule has 2 N–H and O–H groups in total. The molecule has 0 unspecified atom stereocenters. The molecule has 0 aliphatic rings. The molecule has 0 aromatic heterocycles. The number of aromatic carboxylic acids is 1. The minimum Gasteiger partial charge on any atom is -0.478 e. The van der Waals surface area contributed by atoms with Crippen molar-refractivity contribution in [3.63, 3.8) is 0 Å². The van der Waals surface area contributed by atoms with Crippen molar-refractivity contribution in [1.82, 2.24) is 0 Å². The van der Waals surface area contributed by atoms with Crippen LogP contribution in [0.1, 0.15) is 15.9 Å². The molecule has 0 aliphatic heterocycles. The Kier molecular flexibility index (Phi) is 4.30. The van der Waals surface area contributed by atoms with Gasteiger partial charge in [0.05, 0.1) is 5.56 Å². The standard InChI is InChI=1S/C15H13F2NO2/c16-11-7-10(8-12(17)9-11)5-6-18-14-4-2-1-3-13(14)15(19)20/h1-4,7-9,18H,5-6H2,(H,19,20). The van der Waals surface area contributed by atoms with Gasteiger partial charge in [-0.2, -0.15) is 0 Å². The van der Waals surface area contributed by atoms with E-state index < -0.39 is 17.6 Å². The second kappa shape index (κ2) is 6.14. The Hall–Kier alpha value is -2.43. The minimum absolute atomic E-state index is 0.165. The molecule has 0 radical (unpaired) electrons. The quantitative estimate of drug-likeness (QED) is 0.881. The summed E-state index contributed by atoms with van der Waals surface area (Å²) in [5.74, 6) is -2.26. The van der Waals surface area contributed by atoms with Crippen molar-refractivity contribution in [1.29, 1.82) is 0 Å². The SMILES string of the molecule is O=C(O)c1ccccc1NCCc1cc(F)cc(F)c1. The van der Waals surface area contributed by atoms with Crippen LogP contribution in [0.4, 0.5) is 14.5 Å². The van der Waals surface area contributed by atoms with Crippen molar-refractivity contribution in [3.8, 4) is 0 Å². The predicted molar refractivity (Wildman–Crippen MR) is 72.0 cm³/mol. The lowest BCUT2D eigenvalue weighted by molar-refractivity contribution is 0.0698. The van der Waals surface area contributed by atoms with Gasteiger partial charge in [-0.05, 0) is 36.2 Å². The third-order valence-electron chi connectivity index (χ3n) is 2.81. The number of para-hydroxylation sites is 1. The van der Waals surface area contributed by atoms with Gasteiger partial charge in [-0.1, -0.05) is 12.1 Å². The number of nitrogens with one attached hydrogen (secondary N) is 1. The Morgan fingerprint density at radius 2 is 1.75 bits per heavy atom. The van der Waals surface area contributed by atoms with Crippen molar-refractivity contribution in [2.75, 3.05) is 11.9 Å². The van der Waals surface area contributed by atoms with E-state index in [9.17, 15) is 13.6 Å². The molecule has 0 heterocycles. The van der Waals surface area contributed by atoms with Gasteiger partial charge in [0.1, 0.15) is 11.6 Å². The van der Waals surface area contributed by atoms with Crippen LogP contribution < -0.4 is 5.32 Å². The molecule has 0 spiro atoms. The summed E-state index contributed by atoms with van der Waals surface area (Å²) in [7, 11) is 0. The number of carbonyl (C=O) groups is 1. The highest BCUT2D eigenvalue weighted by Gasteiger charge is 2.08. The fraction of sp³-hybridized carbons (Fsp3) is 0.133. The van der Waals surface area contributed by atoms with E-state index in [4.69, 9.17) is 5.11 Å². The van der Waals surface area contributed by atoms with Crippen LogP contribution in [-0.2, 0) is 6.42 Å². The smallest absolute Gasteiger partial charge is 0.337 e. The summed E-state index contributed by atoms with van der Waals surface area (Å²) < 4.78 is 26.0. The van der Waals surface area contributed by atoms with Crippen LogP contribution in [0.2, 0.25) is 0 Å². The highest BCUT2D eigenvalue weighted by atomic mass is 19.1. The monoisotopic (exact) mass is 277 g/mol. The average Bonchev–Trinajstić information content (AvgIpc) is 2.38. The van der Waals surface area contributed by atoms with Gasteiger partial charge in [0.25, 0.3) is 0 Å². The number of benzene rings is 2. The predicted octanol–water partition coefficient (Wildman–Crippen LogP) is 3.32. The highest BCUT2D eigenvalue weighted by Crippen LogP contribution is 2.15. The van der Waals surface area contributed by atoms with Crippen LogP contribution in [0.5, 0.6) is 0 Å². The van der Waals surface area contributed by atoms with Gasteiger partial charge in [0.15, 0.2) is 0 Å². The zero-order valence-electron chi connectivity index (χ0n) is 10.6. The maximum Gasteiger partial charge on any atom is 0.337 e. The van der Waals surface area contributed by atoms with E-state index >= 15 is 0 Å². The summed E-state index contributed by atoms with van der Waals surface area (Å²) in [5, 5.41) is 12.0. The van der Waals surface area contributed by atoms with E-state index in [0.29, 0.717) is 24.2 Å². The second-order valence-electron chi connectivity index (χ2n) is 4.31. The molecule has 0 bridgehead atoms. The largest absolute Gasteiger partial charge is 0.478 e. The first-order valence-corrected chi connectivity index (χ1v) is 6.07. The first-order chi connectivity index (χ1) is 9.56. The number of hydrogen-bond acceptors (Lipinski definition) is 2. The molecule has 0 aliphatic carbocycles. The molecule has 0 fully saturated rings. The Labute approximate surface area is 114 Å². The van der Waals surface area contributed by atoms with E-state index in [0.717, 1.165) is 6.07 Å². The number of anilines is 1. The first-order valence-electron chi connectivity index (χ1n) is 6.07. The van der Waals surface area contributed by atoms with Crippen LogP contribution in [-0.4, -0.2) is 17.6 Å². The molecule has 20 heavy (non-hydrogen) atoms. The van der Waals surface area contributed by atoms with Crippen molar-refractivity contribution >= 4 is 11.7 Å². The van der Waals surface area contributed by atoms with Gasteiger partial charge in [0, 0.05) is 18.3 Å². The lowest BCUT2D eigenvalue weighted by atomic mass is 10.1. The van der Waals surface area contributed by atoms with Crippen LogP contribution in [0.3, 0.4) is 0 Å². The molecule has 5 heteroatoms. The van der Waals surface area contributed by atoms with Gasteiger partial charge in [-0.3, -0.25) is 0 Å². The zero-order valence-corrected chi connectivity index (χ0v) is 10.6. The fourth-order valence-electron chi connectivity index (χ4n) is 1.92. The van der Waals surface area contributed by atoms with Crippen LogP contribution in [0.15, 0.2) is 42.5 Å². The molecule has 2 aromatic rings. The number of halogens is 2. The maximum atomic E-state index is 13.0. The van der Waals surface area contributed by atoms with Crippen molar-refractivity contribution in [3.05, 3.63) is 65.2 Å². The molecule has 2 rings (SSSR count). The number of carboxylic acid groups (broad SMARTS) is 1. The number of carboxylic acids is 1. The number of rotatable bonds is 5. The molecular weight excluding hydrogens is 264 g/mol. The molecule has 0 atom stereocenters. The van der Waals surface area contributed by atoms with Crippen molar-refractivity contribution < 1.29 is 18.7 Å². The van der Waals surface area contributed by atoms with E-state index in [1.54, 1.807) is 18.2 Å². The third kappa shape index (κ3) is 3.54. The summed E-state index contributed by atoms with van der Waals surface area (Å²) in [6.07, 6.45) is 0.392. The van der Waals surface area contributed by atoms with E-state index in [2.05, 4.69) is 5.32 Å². The van der Waals surface area contributed by atoms with Gasteiger partial charge >= 0.3 is 5.97 Å². The fourth-order valence-corrected chi connectivity index (χ4v) is 1.92. The summed E-state index contributed by atoms with van der Waals surface area (Å²) in [6.45, 7) is 0.382. The number of hydrogen-bond donors (Lipinski definition) is 2. The van der Waals surface area contributed by atoms with E-state index in [1.165, 1.54) is 18.2 Å². The summed E-state index contributed by atoms with van der Waals surface area (Å²) >= 11 is 0. The summed E-state index contributed by atoms with van der Waals surface area (Å²) in [4.78, 5) is 11.0. The molecule has 0 saturated heterocycles. The molecule has 2 aromatic carbocycles. The van der Waals surface area contributed by atoms with Crippen LogP contribution in [0.25, 0.3) is 0 Å². The Balaban J connectivity index is 2.01. The molecular formula is C15H13F2NO2. The topological polar surface area (TPSA) is 49.3 Å². The van der Waals surface area contributed by atoms with E-state index in [1.807, 2.05) is 0 Å². The second-order valence-corrected chi connectivity index (χ2v) is 4.31. The van der Waals surface area contributed by atoms with Crippen LogP contribution in [0, 0.1) is 11.6 Å². The lowest BCUT2D eigenvalue weighted by Gasteiger charge is -2.09. The third-order valence-corrected chi connectivity index (χ3v) is 2.81. The average molecular weight is 277 g/mol. The molecule has 104 valence electrons. The van der Waals surface area contributed by atoms with E-state index in [-0.39, 0.29) is 5.56 Å². The maximum absolute atomic E-state index is 13.0. The Bertz CT molecular complexity index is 609. The minimum atomic E-state index is -1.02. The lowest BCUT2D eigenvalue weighted by Crippen LogP contribution is -2.09. The first kappa shape index (κ1) is 14.0. The summed E-state index contributed by atoms with van der Waals surface area (Å²) in [5.41, 5.74) is 1.16. The van der Waals surface area contributed by atoms with Gasteiger partial charge in [0.2, 0.25) is 0 Å². The van der Waals surface area contributed by atoms with Gasteiger partial charge < -0.3 is 10.4 Å². The van der Waals surface area contributed by atoms with Crippen molar-refractivity contribution in [2.45, 2.75) is 6.42 Å². The van der Waals surface area contributed by atoms with Crippen LogP contribution >= 0.6 is 0 Å². The zero-order chi connectivity index (χ0) is 14.5. The van der Waals surface area contributed by atoms with Gasteiger partial charge in [-0.15, -0.1) is 0 Å². The van der Waals surface area contributed by atoms with Gasteiger partial charge in [-0.25, -0.2) is 13.6 Å². The normalized spacial score (nSPS) is 10.3. The highest BCUT2D eigenvalue weighted by molar-refractivity contribution is 5.94. The molecule has 0 saturated carbocycles. The van der Waals surface area contributed by atoms with Crippen molar-refractivity contribution in [2.24, 2.45) is 0 Å². The molecule has 0 amide bonds. The summed E-state index contributed by atoms with van der Waals surface area (Å²) in [6, 6.07) is 9.83. The molecule has 3 nitrogen and oxygen atoms in total. The Morgan fingerprint density at radius 3 is 2.40 bits per heavy atom.